The summed E-state index contributed by atoms with van der Waals surface area (Å²) in [5.74, 6) is 0. The summed E-state index contributed by atoms with van der Waals surface area (Å²) in [5, 5.41) is 3.41. The number of carbonyl (C=O) groups excluding carboxylic acids is 1. The summed E-state index contributed by atoms with van der Waals surface area (Å²) in [5.41, 5.74) is 9.13. The summed E-state index contributed by atoms with van der Waals surface area (Å²) in [7, 11) is 0. The minimum Gasteiger partial charge on any atom is -0.444 e. The van der Waals surface area contributed by atoms with Crippen LogP contribution < -0.4 is 0 Å². The maximum Gasteiger partial charge on any atom is 0.294 e. The van der Waals surface area contributed by atoms with Gasteiger partial charge in [0.05, 0.1) is 6.04 Å². The Labute approximate surface area is 109 Å². The number of halogens is 1. The zero-order chi connectivity index (χ0) is 13.7. The molecule has 7 heteroatoms. The number of alkyl halides is 1. The number of carbonyl (C=O) groups is 1. The van der Waals surface area contributed by atoms with Gasteiger partial charge in [0.1, 0.15) is 6.17 Å². The Balaban J connectivity index is 2.17. The fraction of sp³-hybridized carbons (Fsp3) is 0.417. The number of rotatable bonds is 5. The van der Waals surface area contributed by atoms with E-state index in [4.69, 9.17) is 10.3 Å². The quantitative estimate of drug-likeness (QED) is 0.354. The van der Waals surface area contributed by atoms with Gasteiger partial charge in [0.2, 0.25) is 0 Å². The first-order valence-corrected chi connectivity index (χ1v) is 5.82. The molecule has 0 spiro atoms. The number of hydrogen-bond acceptors (Lipinski definition) is 4. The van der Waals surface area contributed by atoms with Crippen LogP contribution in [0.2, 0.25) is 0 Å². The Bertz CT molecular complexity index is 478. The van der Waals surface area contributed by atoms with Gasteiger partial charge in [0.25, 0.3) is 6.47 Å². The Morgan fingerprint density at radius 3 is 2.84 bits per heavy atom. The maximum atomic E-state index is 13.7. The van der Waals surface area contributed by atoms with Gasteiger partial charge in [-0.1, -0.05) is 35.4 Å². The van der Waals surface area contributed by atoms with Gasteiger partial charge in [0, 0.05) is 23.6 Å². The van der Waals surface area contributed by atoms with Gasteiger partial charge in [-0.05, 0) is 5.53 Å². The van der Waals surface area contributed by atoms with E-state index in [-0.39, 0.29) is 13.1 Å². The molecule has 0 N–H and O–H groups in total. The van der Waals surface area contributed by atoms with E-state index in [2.05, 4.69) is 10.0 Å². The van der Waals surface area contributed by atoms with Crippen LogP contribution in [0.4, 0.5) is 4.39 Å². The zero-order valence-electron chi connectivity index (χ0n) is 10.1. The lowest BCUT2D eigenvalue weighted by Crippen LogP contribution is -2.29. The number of nitrogens with zero attached hydrogens (tertiary/aromatic N) is 4. The molecule has 1 aliphatic rings. The third kappa shape index (κ3) is 3.01. The summed E-state index contributed by atoms with van der Waals surface area (Å²) < 4.78 is 18.7. The van der Waals surface area contributed by atoms with Crippen LogP contribution in [0.5, 0.6) is 0 Å². The van der Waals surface area contributed by atoms with E-state index in [0.29, 0.717) is 6.47 Å². The molecule has 2 rings (SSSR count). The topological polar surface area (TPSA) is 78.3 Å². The first kappa shape index (κ1) is 13.3. The van der Waals surface area contributed by atoms with E-state index in [1.165, 1.54) is 0 Å². The summed E-state index contributed by atoms with van der Waals surface area (Å²) in [6.45, 7) is 0.626. The van der Waals surface area contributed by atoms with Crippen molar-refractivity contribution in [2.75, 3.05) is 13.1 Å². The normalized spacial score (nSPS) is 24.5. The third-order valence-electron chi connectivity index (χ3n) is 3.05. The van der Waals surface area contributed by atoms with Crippen molar-refractivity contribution in [3.8, 4) is 0 Å². The molecule has 19 heavy (non-hydrogen) atoms. The molecule has 3 atom stereocenters. The zero-order valence-corrected chi connectivity index (χ0v) is 10.1. The van der Waals surface area contributed by atoms with Crippen molar-refractivity contribution in [3.05, 3.63) is 46.3 Å². The predicted molar refractivity (Wildman–Crippen MR) is 65.7 cm³/mol. The van der Waals surface area contributed by atoms with Gasteiger partial charge in [-0.15, -0.1) is 0 Å². The molecule has 1 saturated heterocycles. The van der Waals surface area contributed by atoms with E-state index in [0.717, 1.165) is 5.56 Å². The van der Waals surface area contributed by atoms with Crippen LogP contribution in [0.15, 0.2) is 35.4 Å². The van der Waals surface area contributed by atoms with Gasteiger partial charge >= 0.3 is 0 Å². The molecule has 0 saturated carbocycles. The van der Waals surface area contributed by atoms with Crippen molar-refractivity contribution >= 4 is 6.47 Å². The maximum absolute atomic E-state index is 13.7. The fourth-order valence-electron chi connectivity index (χ4n) is 2.19. The second kappa shape index (κ2) is 6.17. The molecule has 3 unspecified atom stereocenters. The molecule has 1 fully saturated rings. The van der Waals surface area contributed by atoms with Crippen LogP contribution in [0, 0.1) is 0 Å². The average molecular weight is 264 g/mol. The molecule has 1 aromatic carbocycles. The highest BCUT2D eigenvalue weighted by Crippen LogP contribution is 2.28. The molecule has 0 bridgehead atoms. The fourth-order valence-corrected chi connectivity index (χ4v) is 2.19. The lowest BCUT2D eigenvalue weighted by atomic mass is 10.2. The number of benzene rings is 1. The monoisotopic (exact) mass is 264 g/mol. The molecule has 0 amide bonds. The van der Waals surface area contributed by atoms with Crippen LogP contribution in [0.25, 0.3) is 10.4 Å². The van der Waals surface area contributed by atoms with Gasteiger partial charge in [-0.3, -0.25) is 9.69 Å². The smallest absolute Gasteiger partial charge is 0.294 e. The molecular weight excluding hydrogens is 251 g/mol. The number of hydrogen-bond donors (Lipinski definition) is 0. The second-order valence-corrected chi connectivity index (χ2v) is 4.24. The largest absolute Gasteiger partial charge is 0.444 e. The van der Waals surface area contributed by atoms with Crippen molar-refractivity contribution in [3.63, 3.8) is 0 Å². The summed E-state index contributed by atoms with van der Waals surface area (Å²) in [6.07, 6.45) is -1.91. The Kier molecular flexibility index (Phi) is 4.33. The Hall–Kier alpha value is -2.11. The van der Waals surface area contributed by atoms with E-state index >= 15 is 0 Å². The Morgan fingerprint density at radius 1 is 1.47 bits per heavy atom. The predicted octanol–water partition coefficient (Wildman–Crippen LogP) is 2.19. The molecule has 1 heterocycles. The third-order valence-corrected chi connectivity index (χ3v) is 3.05. The van der Waals surface area contributed by atoms with E-state index in [1.54, 1.807) is 17.0 Å². The lowest BCUT2D eigenvalue weighted by molar-refractivity contribution is -0.143. The van der Waals surface area contributed by atoms with Gasteiger partial charge in [-0.25, -0.2) is 4.39 Å². The highest BCUT2D eigenvalue weighted by Gasteiger charge is 2.37. The van der Waals surface area contributed by atoms with Crippen molar-refractivity contribution < 1.29 is 13.9 Å². The van der Waals surface area contributed by atoms with E-state index < -0.39 is 18.4 Å². The minimum absolute atomic E-state index is 0.0666. The standard InChI is InChI=1S/C12H13FN4O2/c13-10-6-17(7-11(10)15-16-14)12(19-8-18)9-4-2-1-3-5-9/h1-5,8,10-12H,6-7H2. The van der Waals surface area contributed by atoms with Crippen LogP contribution in [0.1, 0.15) is 11.8 Å². The lowest BCUT2D eigenvalue weighted by Gasteiger charge is -2.25. The first-order chi connectivity index (χ1) is 9.26. The van der Waals surface area contributed by atoms with Crippen LogP contribution in [-0.4, -0.2) is 36.7 Å². The number of ether oxygens (including phenoxy) is 1. The molecule has 0 aromatic heterocycles. The van der Waals surface area contributed by atoms with Gasteiger partial charge < -0.3 is 4.74 Å². The molecule has 1 aromatic rings. The molecule has 0 radical (unpaired) electrons. The molecule has 100 valence electrons. The van der Waals surface area contributed by atoms with Crippen LogP contribution in [-0.2, 0) is 9.53 Å². The highest BCUT2D eigenvalue weighted by molar-refractivity contribution is 5.38. The minimum atomic E-state index is -1.25. The average Bonchev–Trinajstić information content (AvgIpc) is 2.79. The SMILES string of the molecule is [N-]=[N+]=NC1CN(C(OC=O)c2ccccc2)CC1F. The Morgan fingerprint density at radius 2 is 2.21 bits per heavy atom. The van der Waals surface area contributed by atoms with Crippen molar-refractivity contribution in [1.82, 2.24) is 4.90 Å². The van der Waals surface area contributed by atoms with Crippen molar-refractivity contribution in [2.24, 2.45) is 5.11 Å². The first-order valence-electron chi connectivity index (χ1n) is 5.82. The molecule has 1 aliphatic heterocycles. The molecule has 6 nitrogen and oxygen atoms in total. The van der Waals surface area contributed by atoms with E-state index in [1.807, 2.05) is 18.2 Å². The second-order valence-electron chi connectivity index (χ2n) is 4.24. The van der Waals surface area contributed by atoms with Crippen LogP contribution in [0.3, 0.4) is 0 Å². The highest BCUT2D eigenvalue weighted by atomic mass is 19.1. The van der Waals surface area contributed by atoms with Crippen LogP contribution >= 0.6 is 0 Å². The van der Waals surface area contributed by atoms with E-state index in [9.17, 15) is 9.18 Å². The summed E-state index contributed by atoms with van der Waals surface area (Å²) in [6, 6.07) is 8.30. The summed E-state index contributed by atoms with van der Waals surface area (Å²) >= 11 is 0. The molecular formula is C12H13FN4O2. The van der Waals surface area contributed by atoms with Crippen molar-refractivity contribution in [2.45, 2.75) is 18.4 Å². The van der Waals surface area contributed by atoms with Gasteiger partial charge in [-0.2, -0.15) is 0 Å². The summed E-state index contributed by atoms with van der Waals surface area (Å²) in [4.78, 5) is 14.9. The van der Waals surface area contributed by atoms with Crippen molar-refractivity contribution in [1.29, 1.82) is 0 Å². The van der Waals surface area contributed by atoms with Gasteiger partial charge in [0.15, 0.2) is 6.23 Å². The number of azide groups is 1. The number of likely N-dealkylation sites (tertiary alicyclic amines) is 1. The molecule has 0 aliphatic carbocycles.